The minimum Gasteiger partial charge on any atom is -0.465 e. The second kappa shape index (κ2) is 6.91. The molecule has 0 saturated heterocycles. The highest BCUT2D eigenvalue weighted by atomic mass is 32.1. The smallest absolute Gasteiger partial charge is 0.244 e. The Balaban J connectivity index is 1.63. The number of thiophene rings is 1. The first-order chi connectivity index (χ1) is 10.8. The Bertz CT molecular complexity index is 681. The largest absolute Gasteiger partial charge is 0.465 e. The maximum atomic E-state index is 11.9. The number of hydrogen-bond acceptors (Lipinski definition) is 4. The van der Waals surface area contributed by atoms with Crippen molar-refractivity contribution in [2.75, 3.05) is 6.54 Å². The molecule has 1 atom stereocenters. The predicted molar refractivity (Wildman–Crippen MR) is 85.4 cm³/mol. The second-order valence-electron chi connectivity index (χ2n) is 4.65. The number of rotatable bonds is 6. The molecular formula is C16H15N3O2S. The molecule has 0 aliphatic heterocycles. The van der Waals surface area contributed by atoms with Gasteiger partial charge in [0.15, 0.2) is 0 Å². The molecule has 1 N–H and O–H groups in total. The summed E-state index contributed by atoms with van der Waals surface area (Å²) in [6.07, 6.45) is 8.31. The first-order valence-corrected chi connectivity index (χ1v) is 7.78. The molecule has 0 bridgehead atoms. The molecule has 0 fully saturated rings. The lowest BCUT2D eigenvalue weighted by Crippen LogP contribution is -2.30. The molecule has 0 radical (unpaired) electrons. The van der Waals surface area contributed by atoms with Gasteiger partial charge in [-0.3, -0.25) is 9.48 Å². The van der Waals surface area contributed by atoms with Crippen molar-refractivity contribution in [3.05, 3.63) is 71.1 Å². The number of aromatic nitrogens is 2. The maximum absolute atomic E-state index is 11.9. The number of amides is 1. The van der Waals surface area contributed by atoms with Gasteiger partial charge >= 0.3 is 0 Å². The van der Waals surface area contributed by atoms with E-state index in [4.69, 9.17) is 4.42 Å². The Morgan fingerprint density at radius 3 is 3.09 bits per heavy atom. The molecule has 0 unspecified atom stereocenters. The maximum Gasteiger partial charge on any atom is 0.244 e. The van der Waals surface area contributed by atoms with Crippen LogP contribution in [-0.4, -0.2) is 22.2 Å². The van der Waals surface area contributed by atoms with Gasteiger partial charge in [0.25, 0.3) is 0 Å². The summed E-state index contributed by atoms with van der Waals surface area (Å²) in [5.41, 5.74) is 1.13. The highest BCUT2D eigenvalue weighted by Gasteiger charge is 2.15. The summed E-state index contributed by atoms with van der Waals surface area (Å²) in [5.74, 6) is 0.486. The Hall–Kier alpha value is -2.60. The molecule has 112 valence electrons. The van der Waals surface area contributed by atoms with Crippen molar-refractivity contribution in [3.63, 3.8) is 0 Å². The SMILES string of the molecule is O=C(/C=C/c1ccco1)NC[C@H](c1ccsc1)n1cccn1. The Morgan fingerprint density at radius 1 is 1.45 bits per heavy atom. The Labute approximate surface area is 131 Å². The van der Waals surface area contributed by atoms with Crippen LogP contribution in [0.2, 0.25) is 0 Å². The number of nitrogens with zero attached hydrogens (tertiary/aromatic N) is 2. The molecule has 3 heterocycles. The van der Waals surface area contributed by atoms with Crippen LogP contribution >= 0.6 is 11.3 Å². The van der Waals surface area contributed by atoms with Gasteiger partial charge in [0.1, 0.15) is 5.76 Å². The standard InChI is InChI=1S/C16H15N3O2S/c20-16(5-4-14-3-1-9-21-14)17-11-15(13-6-10-22-12-13)19-8-2-7-18-19/h1-10,12,15H,11H2,(H,17,20)/b5-4+/t15-/m1/s1. The van der Waals surface area contributed by atoms with Gasteiger partial charge in [0.2, 0.25) is 5.91 Å². The molecule has 0 aliphatic carbocycles. The average Bonchev–Trinajstić information content (AvgIpc) is 3.27. The van der Waals surface area contributed by atoms with Crippen LogP contribution in [0, 0.1) is 0 Å². The fourth-order valence-electron chi connectivity index (χ4n) is 2.09. The van der Waals surface area contributed by atoms with Crippen molar-refractivity contribution < 1.29 is 9.21 Å². The zero-order valence-corrected chi connectivity index (χ0v) is 12.6. The monoisotopic (exact) mass is 313 g/mol. The van der Waals surface area contributed by atoms with Crippen LogP contribution < -0.4 is 5.32 Å². The topological polar surface area (TPSA) is 60.1 Å². The van der Waals surface area contributed by atoms with Gasteiger partial charge in [-0.05, 0) is 46.7 Å². The molecule has 22 heavy (non-hydrogen) atoms. The average molecular weight is 313 g/mol. The van der Waals surface area contributed by atoms with Gasteiger partial charge in [0, 0.05) is 25.0 Å². The summed E-state index contributed by atoms with van der Waals surface area (Å²) < 4.78 is 6.99. The van der Waals surface area contributed by atoms with E-state index in [0.29, 0.717) is 12.3 Å². The lowest BCUT2D eigenvalue weighted by molar-refractivity contribution is -0.116. The van der Waals surface area contributed by atoms with Crippen molar-refractivity contribution in [1.29, 1.82) is 0 Å². The minimum absolute atomic E-state index is 0.0118. The highest BCUT2D eigenvalue weighted by Crippen LogP contribution is 2.19. The quantitative estimate of drug-likeness (QED) is 0.712. The van der Waals surface area contributed by atoms with Crippen LogP contribution in [0.25, 0.3) is 6.08 Å². The molecule has 1 amide bonds. The van der Waals surface area contributed by atoms with E-state index in [-0.39, 0.29) is 11.9 Å². The number of furan rings is 1. The van der Waals surface area contributed by atoms with Crippen LogP contribution in [0.4, 0.5) is 0 Å². The van der Waals surface area contributed by atoms with Crippen LogP contribution in [0.15, 0.2) is 64.2 Å². The van der Waals surface area contributed by atoms with Crippen LogP contribution in [0.5, 0.6) is 0 Å². The summed E-state index contributed by atoms with van der Waals surface area (Å²) in [5, 5.41) is 11.3. The third kappa shape index (κ3) is 3.53. The molecule has 0 spiro atoms. The second-order valence-corrected chi connectivity index (χ2v) is 5.43. The molecule has 3 aromatic heterocycles. The summed E-state index contributed by atoms with van der Waals surface area (Å²) in [7, 11) is 0. The van der Waals surface area contributed by atoms with E-state index in [1.807, 2.05) is 28.4 Å². The number of hydrogen-bond donors (Lipinski definition) is 1. The first-order valence-electron chi connectivity index (χ1n) is 6.83. The van der Waals surface area contributed by atoms with E-state index < -0.39 is 0 Å². The van der Waals surface area contributed by atoms with E-state index in [9.17, 15) is 4.79 Å². The van der Waals surface area contributed by atoms with E-state index in [1.54, 1.807) is 42.0 Å². The van der Waals surface area contributed by atoms with Gasteiger partial charge in [-0.25, -0.2) is 0 Å². The number of nitrogens with one attached hydrogen (secondary N) is 1. The fourth-order valence-corrected chi connectivity index (χ4v) is 2.80. The van der Waals surface area contributed by atoms with Crippen LogP contribution in [0.1, 0.15) is 17.4 Å². The molecule has 6 heteroatoms. The predicted octanol–water partition coefficient (Wildman–Crippen LogP) is 2.96. The molecule has 5 nitrogen and oxygen atoms in total. The third-order valence-electron chi connectivity index (χ3n) is 3.18. The van der Waals surface area contributed by atoms with E-state index in [2.05, 4.69) is 15.8 Å². The molecule has 0 aromatic carbocycles. The number of carbonyl (C=O) groups is 1. The van der Waals surface area contributed by atoms with E-state index in [0.717, 1.165) is 5.56 Å². The summed E-state index contributed by atoms with van der Waals surface area (Å²) in [6.45, 7) is 0.472. The van der Waals surface area contributed by atoms with E-state index >= 15 is 0 Å². The zero-order chi connectivity index (χ0) is 15.2. The van der Waals surface area contributed by atoms with Gasteiger partial charge in [-0.1, -0.05) is 0 Å². The third-order valence-corrected chi connectivity index (χ3v) is 3.89. The lowest BCUT2D eigenvalue weighted by Gasteiger charge is -2.16. The van der Waals surface area contributed by atoms with Crippen LogP contribution in [-0.2, 0) is 4.79 Å². The van der Waals surface area contributed by atoms with Gasteiger partial charge < -0.3 is 9.73 Å². The van der Waals surface area contributed by atoms with Crippen molar-refractivity contribution >= 4 is 23.3 Å². The first kappa shape index (κ1) is 14.3. The van der Waals surface area contributed by atoms with E-state index in [1.165, 1.54) is 6.08 Å². The van der Waals surface area contributed by atoms with Gasteiger partial charge in [-0.15, -0.1) is 0 Å². The Morgan fingerprint density at radius 2 is 2.41 bits per heavy atom. The van der Waals surface area contributed by atoms with Crippen molar-refractivity contribution in [2.45, 2.75) is 6.04 Å². The Kier molecular flexibility index (Phi) is 4.50. The molecule has 0 saturated carbocycles. The summed E-state index contributed by atoms with van der Waals surface area (Å²) in [4.78, 5) is 11.9. The van der Waals surface area contributed by atoms with Gasteiger partial charge in [-0.2, -0.15) is 16.4 Å². The molecule has 0 aliphatic rings. The zero-order valence-electron chi connectivity index (χ0n) is 11.8. The molecule has 3 aromatic rings. The van der Waals surface area contributed by atoms with Crippen molar-refractivity contribution in [3.8, 4) is 0 Å². The lowest BCUT2D eigenvalue weighted by atomic mass is 10.1. The molecular weight excluding hydrogens is 298 g/mol. The number of carbonyl (C=O) groups excluding carboxylic acids is 1. The highest BCUT2D eigenvalue weighted by molar-refractivity contribution is 7.07. The van der Waals surface area contributed by atoms with Crippen molar-refractivity contribution in [2.24, 2.45) is 0 Å². The van der Waals surface area contributed by atoms with Crippen LogP contribution in [0.3, 0.4) is 0 Å². The molecule has 3 rings (SSSR count). The summed E-state index contributed by atoms with van der Waals surface area (Å²) in [6, 6.07) is 7.48. The summed E-state index contributed by atoms with van der Waals surface area (Å²) >= 11 is 1.63. The fraction of sp³-hybridized carbons (Fsp3) is 0.125. The van der Waals surface area contributed by atoms with Gasteiger partial charge in [0.05, 0.1) is 12.3 Å². The normalized spacial score (nSPS) is 12.5. The van der Waals surface area contributed by atoms with Crippen molar-refractivity contribution in [1.82, 2.24) is 15.1 Å². The minimum atomic E-state index is -0.163.